The Morgan fingerprint density at radius 3 is 3.06 bits per heavy atom. The van der Waals surface area contributed by atoms with E-state index < -0.39 is 0 Å². The molecule has 0 N–H and O–H groups in total. The summed E-state index contributed by atoms with van der Waals surface area (Å²) in [6.45, 7) is 0.437. The number of rotatable bonds is 3. The second kappa shape index (κ2) is 4.91. The molecule has 0 bridgehead atoms. The Labute approximate surface area is 102 Å². The van der Waals surface area contributed by atoms with Crippen LogP contribution in [0.4, 0.5) is 4.39 Å². The Kier molecular flexibility index (Phi) is 3.53. The Morgan fingerprint density at radius 1 is 1.50 bits per heavy atom. The van der Waals surface area contributed by atoms with Crippen molar-refractivity contribution >= 4 is 22.9 Å². The standard InChI is InChI=1S/C11H9ClFNOS/c1-15-5-11-14-10(6-16-11)8-4-7(12)2-3-9(8)13/h2-4,6H,5H2,1H3. The fraction of sp³-hybridized carbons (Fsp3) is 0.182. The number of aromatic nitrogens is 1. The second-order valence-corrected chi connectivity index (χ2v) is 4.56. The normalized spacial score (nSPS) is 10.7. The number of methoxy groups -OCH3 is 1. The largest absolute Gasteiger partial charge is 0.378 e. The topological polar surface area (TPSA) is 22.1 Å². The third kappa shape index (κ3) is 2.40. The van der Waals surface area contributed by atoms with Gasteiger partial charge in [0, 0.05) is 23.1 Å². The van der Waals surface area contributed by atoms with Gasteiger partial charge in [-0.25, -0.2) is 9.37 Å². The lowest BCUT2D eigenvalue weighted by Crippen LogP contribution is -1.88. The van der Waals surface area contributed by atoms with Gasteiger partial charge in [-0.05, 0) is 18.2 Å². The molecule has 0 atom stereocenters. The van der Waals surface area contributed by atoms with E-state index in [0.29, 0.717) is 22.9 Å². The molecule has 0 unspecified atom stereocenters. The summed E-state index contributed by atoms with van der Waals surface area (Å²) in [7, 11) is 1.60. The molecule has 0 fully saturated rings. The lowest BCUT2D eigenvalue weighted by Gasteiger charge is -1.99. The van der Waals surface area contributed by atoms with Crippen molar-refractivity contribution in [2.24, 2.45) is 0 Å². The number of ether oxygens (including phenoxy) is 1. The van der Waals surface area contributed by atoms with Gasteiger partial charge < -0.3 is 4.74 Å². The molecule has 0 amide bonds. The van der Waals surface area contributed by atoms with E-state index in [1.54, 1.807) is 18.6 Å². The van der Waals surface area contributed by atoms with Crippen LogP contribution >= 0.6 is 22.9 Å². The molecule has 2 nitrogen and oxygen atoms in total. The van der Waals surface area contributed by atoms with Crippen LogP contribution < -0.4 is 0 Å². The fourth-order valence-corrected chi connectivity index (χ4v) is 2.25. The van der Waals surface area contributed by atoms with Crippen molar-refractivity contribution in [3.8, 4) is 11.3 Å². The number of halogens is 2. The van der Waals surface area contributed by atoms with Gasteiger partial charge >= 0.3 is 0 Å². The third-order valence-electron chi connectivity index (χ3n) is 2.02. The van der Waals surface area contributed by atoms with Gasteiger partial charge in [0.15, 0.2) is 0 Å². The maximum atomic E-state index is 13.5. The third-order valence-corrected chi connectivity index (χ3v) is 3.08. The minimum Gasteiger partial charge on any atom is -0.378 e. The van der Waals surface area contributed by atoms with Crippen LogP contribution in [-0.4, -0.2) is 12.1 Å². The van der Waals surface area contributed by atoms with Gasteiger partial charge in [-0.1, -0.05) is 11.6 Å². The van der Waals surface area contributed by atoms with Gasteiger partial charge in [0.05, 0.1) is 12.3 Å². The molecule has 1 aromatic carbocycles. The summed E-state index contributed by atoms with van der Waals surface area (Å²) in [6, 6.07) is 4.43. The molecule has 1 heterocycles. The molecule has 2 rings (SSSR count). The first-order valence-corrected chi connectivity index (χ1v) is 5.85. The molecule has 0 radical (unpaired) electrons. The number of hydrogen-bond donors (Lipinski definition) is 0. The minimum atomic E-state index is -0.321. The van der Waals surface area contributed by atoms with E-state index in [1.165, 1.54) is 23.5 Å². The van der Waals surface area contributed by atoms with E-state index in [-0.39, 0.29) is 5.82 Å². The Hall–Kier alpha value is -0.970. The van der Waals surface area contributed by atoms with Crippen molar-refractivity contribution < 1.29 is 9.13 Å². The summed E-state index contributed by atoms with van der Waals surface area (Å²) in [5, 5.41) is 3.11. The Bertz CT molecular complexity index is 500. The monoisotopic (exact) mass is 257 g/mol. The maximum absolute atomic E-state index is 13.5. The van der Waals surface area contributed by atoms with Crippen LogP contribution in [0.3, 0.4) is 0 Å². The summed E-state index contributed by atoms with van der Waals surface area (Å²) in [5.74, 6) is -0.321. The van der Waals surface area contributed by atoms with Crippen molar-refractivity contribution in [2.75, 3.05) is 7.11 Å². The van der Waals surface area contributed by atoms with Crippen LogP contribution in [-0.2, 0) is 11.3 Å². The highest BCUT2D eigenvalue weighted by molar-refractivity contribution is 7.09. The van der Waals surface area contributed by atoms with Crippen LogP contribution in [0, 0.1) is 5.82 Å². The highest BCUT2D eigenvalue weighted by Gasteiger charge is 2.09. The average Bonchev–Trinajstić information content (AvgIpc) is 2.71. The highest BCUT2D eigenvalue weighted by Crippen LogP contribution is 2.27. The zero-order valence-corrected chi connectivity index (χ0v) is 10.1. The molecule has 5 heteroatoms. The van der Waals surface area contributed by atoms with Gasteiger partial charge in [0.2, 0.25) is 0 Å². The molecule has 16 heavy (non-hydrogen) atoms. The smallest absolute Gasteiger partial charge is 0.132 e. The van der Waals surface area contributed by atoms with Crippen molar-refractivity contribution in [2.45, 2.75) is 6.61 Å². The quantitative estimate of drug-likeness (QED) is 0.836. The first-order valence-electron chi connectivity index (χ1n) is 4.59. The van der Waals surface area contributed by atoms with Gasteiger partial charge in [-0.3, -0.25) is 0 Å². The number of nitrogens with zero attached hydrogens (tertiary/aromatic N) is 1. The molecule has 84 valence electrons. The van der Waals surface area contributed by atoms with E-state index in [0.717, 1.165) is 5.01 Å². The first kappa shape index (κ1) is 11.5. The molecule has 0 saturated carbocycles. The van der Waals surface area contributed by atoms with Crippen LogP contribution in [0.15, 0.2) is 23.6 Å². The van der Waals surface area contributed by atoms with E-state index in [2.05, 4.69) is 4.98 Å². The Balaban J connectivity index is 2.38. The van der Waals surface area contributed by atoms with Crippen LogP contribution in [0.2, 0.25) is 5.02 Å². The molecule has 1 aromatic heterocycles. The highest BCUT2D eigenvalue weighted by atomic mass is 35.5. The van der Waals surface area contributed by atoms with Crippen LogP contribution in [0.5, 0.6) is 0 Å². The van der Waals surface area contributed by atoms with Gasteiger partial charge in [0.25, 0.3) is 0 Å². The lowest BCUT2D eigenvalue weighted by atomic mass is 10.1. The predicted octanol–water partition coefficient (Wildman–Crippen LogP) is 3.75. The Morgan fingerprint density at radius 2 is 2.31 bits per heavy atom. The summed E-state index contributed by atoms with van der Waals surface area (Å²) in [4.78, 5) is 4.27. The fourth-order valence-electron chi connectivity index (χ4n) is 1.32. The molecule has 0 aliphatic carbocycles. The molecular formula is C11H9ClFNOS. The van der Waals surface area contributed by atoms with Crippen molar-refractivity contribution in [3.63, 3.8) is 0 Å². The predicted molar refractivity (Wildman–Crippen MR) is 63.2 cm³/mol. The SMILES string of the molecule is COCc1nc(-c2cc(Cl)ccc2F)cs1. The average molecular weight is 258 g/mol. The van der Waals surface area contributed by atoms with Crippen molar-refractivity contribution in [3.05, 3.63) is 39.4 Å². The van der Waals surface area contributed by atoms with E-state index >= 15 is 0 Å². The summed E-state index contributed by atoms with van der Waals surface area (Å²) in [6.07, 6.45) is 0. The number of benzene rings is 1. The zero-order valence-electron chi connectivity index (χ0n) is 8.54. The van der Waals surface area contributed by atoms with Gasteiger partial charge in [0.1, 0.15) is 10.8 Å². The van der Waals surface area contributed by atoms with E-state index in [9.17, 15) is 4.39 Å². The summed E-state index contributed by atoms with van der Waals surface area (Å²) >= 11 is 7.26. The van der Waals surface area contributed by atoms with Gasteiger partial charge in [-0.15, -0.1) is 11.3 Å². The zero-order chi connectivity index (χ0) is 11.5. The molecule has 0 aliphatic rings. The summed E-state index contributed by atoms with van der Waals surface area (Å²) in [5.41, 5.74) is 1.02. The number of hydrogen-bond acceptors (Lipinski definition) is 3. The lowest BCUT2D eigenvalue weighted by molar-refractivity contribution is 0.184. The maximum Gasteiger partial charge on any atom is 0.132 e. The molecule has 0 saturated heterocycles. The van der Waals surface area contributed by atoms with Gasteiger partial charge in [-0.2, -0.15) is 0 Å². The van der Waals surface area contributed by atoms with Crippen molar-refractivity contribution in [1.82, 2.24) is 4.98 Å². The molecular weight excluding hydrogens is 249 g/mol. The molecule has 2 aromatic rings. The van der Waals surface area contributed by atoms with E-state index in [4.69, 9.17) is 16.3 Å². The van der Waals surface area contributed by atoms with Crippen molar-refractivity contribution in [1.29, 1.82) is 0 Å². The molecule has 0 spiro atoms. The van der Waals surface area contributed by atoms with E-state index in [1.807, 2.05) is 0 Å². The van der Waals surface area contributed by atoms with Crippen LogP contribution in [0.25, 0.3) is 11.3 Å². The number of thiazole rings is 1. The van der Waals surface area contributed by atoms with Crippen LogP contribution in [0.1, 0.15) is 5.01 Å². The summed E-state index contributed by atoms with van der Waals surface area (Å²) < 4.78 is 18.5. The molecule has 0 aliphatic heterocycles. The second-order valence-electron chi connectivity index (χ2n) is 3.18. The first-order chi connectivity index (χ1) is 7.70. The minimum absolute atomic E-state index is 0.321.